The summed E-state index contributed by atoms with van der Waals surface area (Å²) in [5.41, 5.74) is -4.48. The Morgan fingerprint density at radius 2 is 2.00 bits per heavy atom. The number of pyridine rings is 1. The van der Waals surface area contributed by atoms with Gasteiger partial charge in [0.15, 0.2) is 5.75 Å². The zero-order valence-corrected chi connectivity index (χ0v) is 9.02. The van der Waals surface area contributed by atoms with Crippen LogP contribution in [0.5, 0.6) is 5.75 Å². The lowest BCUT2D eigenvalue weighted by Gasteiger charge is -2.12. The molecule has 110 valence electrons. The second-order valence-electron chi connectivity index (χ2n) is 3.15. The molecule has 7 nitrogen and oxygen atoms in total. The number of rotatable bonds is 4. The molecule has 0 radical (unpaired) electrons. The minimum absolute atomic E-state index is 0.0641. The summed E-state index contributed by atoms with van der Waals surface area (Å²) in [6.45, 7) is 0. The summed E-state index contributed by atoms with van der Waals surface area (Å²) in [5.74, 6) is -3.68. The minimum atomic E-state index is -5.40. The fourth-order valence-electron chi connectivity index (χ4n) is 1.16. The Hall–Kier alpha value is -2.53. The third-order valence-electron chi connectivity index (χ3n) is 1.83. The minimum Gasteiger partial charge on any atom is -0.476 e. The quantitative estimate of drug-likeness (QED) is 0.521. The van der Waals surface area contributed by atoms with Crippen LogP contribution in [0, 0.1) is 10.1 Å². The smallest absolute Gasteiger partial charge is 0.476 e. The van der Waals surface area contributed by atoms with Crippen LogP contribution in [0.3, 0.4) is 0 Å². The van der Waals surface area contributed by atoms with Crippen molar-refractivity contribution in [3.8, 4) is 5.75 Å². The monoisotopic (exact) mass is 302 g/mol. The van der Waals surface area contributed by atoms with Gasteiger partial charge in [-0.05, 0) is 0 Å². The van der Waals surface area contributed by atoms with E-state index in [1.165, 1.54) is 0 Å². The zero-order chi connectivity index (χ0) is 15.7. The van der Waals surface area contributed by atoms with Gasteiger partial charge in [0.1, 0.15) is 5.69 Å². The standard InChI is InChI=1S/C8H3F5N2O5/c9-6(10)5-3(20-8(11,12)13)1-2(15(18)19)4(14-5)7(16)17/h1,6H,(H,16,17). The van der Waals surface area contributed by atoms with E-state index in [-0.39, 0.29) is 6.07 Å². The summed E-state index contributed by atoms with van der Waals surface area (Å²) in [5, 5.41) is 19.1. The molecule has 0 aliphatic carbocycles. The molecule has 0 aliphatic rings. The van der Waals surface area contributed by atoms with Gasteiger partial charge in [-0.1, -0.05) is 0 Å². The van der Waals surface area contributed by atoms with E-state index < -0.39 is 46.5 Å². The normalized spacial score (nSPS) is 11.5. The maximum atomic E-state index is 12.5. The van der Waals surface area contributed by atoms with Crippen LogP contribution >= 0.6 is 0 Å². The van der Waals surface area contributed by atoms with Crippen LogP contribution in [-0.2, 0) is 0 Å². The lowest BCUT2D eigenvalue weighted by atomic mass is 10.2. The van der Waals surface area contributed by atoms with E-state index in [4.69, 9.17) is 5.11 Å². The molecule has 1 rings (SSSR count). The predicted octanol–water partition coefficient (Wildman–Crippen LogP) is 2.52. The lowest BCUT2D eigenvalue weighted by molar-refractivity contribution is -0.385. The van der Waals surface area contributed by atoms with Gasteiger partial charge in [0, 0.05) is 0 Å². The van der Waals surface area contributed by atoms with E-state index in [1.54, 1.807) is 0 Å². The summed E-state index contributed by atoms with van der Waals surface area (Å²) in [6, 6.07) is -0.0641. The number of aromatic carboxylic acids is 1. The van der Waals surface area contributed by atoms with Crippen molar-refractivity contribution in [2.75, 3.05) is 0 Å². The molecule has 0 saturated carbocycles. The lowest BCUT2D eigenvalue weighted by Crippen LogP contribution is -2.20. The van der Waals surface area contributed by atoms with Crippen molar-refractivity contribution in [3.63, 3.8) is 0 Å². The highest BCUT2D eigenvalue weighted by Gasteiger charge is 2.36. The molecule has 12 heteroatoms. The van der Waals surface area contributed by atoms with Crippen molar-refractivity contribution < 1.29 is 41.5 Å². The molecule has 0 amide bonds. The zero-order valence-electron chi connectivity index (χ0n) is 9.02. The van der Waals surface area contributed by atoms with E-state index in [1.807, 2.05) is 0 Å². The summed E-state index contributed by atoms with van der Waals surface area (Å²) < 4.78 is 64.2. The third kappa shape index (κ3) is 3.49. The van der Waals surface area contributed by atoms with Crippen LogP contribution in [-0.4, -0.2) is 27.3 Å². The number of carboxylic acid groups (broad SMARTS) is 1. The Bertz CT molecular complexity index is 559. The molecule has 1 heterocycles. The highest BCUT2D eigenvalue weighted by Crippen LogP contribution is 2.35. The third-order valence-corrected chi connectivity index (χ3v) is 1.83. The molecule has 0 fully saturated rings. The summed E-state index contributed by atoms with van der Waals surface area (Å²) in [4.78, 5) is 22.4. The molecule has 0 bridgehead atoms. The average Bonchev–Trinajstić information content (AvgIpc) is 2.25. The largest absolute Gasteiger partial charge is 0.573 e. The Balaban J connectivity index is 3.53. The van der Waals surface area contributed by atoms with Gasteiger partial charge in [-0.2, -0.15) is 0 Å². The Morgan fingerprint density at radius 1 is 1.45 bits per heavy atom. The molecular weight excluding hydrogens is 299 g/mol. The summed E-state index contributed by atoms with van der Waals surface area (Å²) in [7, 11) is 0. The van der Waals surface area contributed by atoms with E-state index in [2.05, 4.69) is 9.72 Å². The van der Waals surface area contributed by atoms with Crippen LogP contribution in [0.4, 0.5) is 27.6 Å². The van der Waals surface area contributed by atoms with Gasteiger partial charge >= 0.3 is 18.0 Å². The molecule has 1 N–H and O–H groups in total. The van der Waals surface area contributed by atoms with Gasteiger partial charge in [0.05, 0.1) is 11.0 Å². The van der Waals surface area contributed by atoms with Gasteiger partial charge in [-0.3, -0.25) is 10.1 Å². The number of nitro groups is 1. The van der Waals surface area contributed by atoms with E-state index in [0.29, 0.717) is 0 Å². The number of aromatic nitrogens is 1. The number of hydrogen-bond donors (Lipinski definition) is 1. The first-order valence-electron chi connectivity index (χ1n) is 4.49. The Labute approximate surface area is 105 Å². The average molecular weight is 302 g/mol. The molecule has 0 atom stereocenters. The van der Waals surface area contributed by atoms with Gasteiger partial charge in [0.25, 0.3) is 6.43 Å². The predicted molar refractivity (Wildman–Crippen MR) is 49.5 cm³/mol. The van der Waals surface area contributed by atoms with Crippen molar-refractivity contribution in [1.82, 2.24) is 4.98 Å². The van der Waals surface area contributed by atoms with Crippen LogP contribution in [0.2, 0.25) is 0 Å². The van der Waals surface area contributed by atoms with Gasteiger partial charge in [-0.15, -0.1) is 13.2 Å². The number of carbonyl (C=O) groups is 1. The second-order valence-corrected chi connectivity index (χ2v) is 3.15. The Morgan fingerprint density at radius 3 is 2.35 bits per heavy atom. The highest BCUT2D eigenvalue weighted by atomic mass is 19.4. The molecule has 1 aromatic heterocycles. The maximum Gasteiger partial charge on any atom is 0.573 e. The fourth-order valence-corrected chi connectivity index (χ4v) is 1.16. The highest BCUT2D eigenvalue weighted by molar-refractivity contribution is 5.90. The number of carboxylic acids is 1. The molecular formula is C8H3F5N2O5. The molecule has 20 heavy (non-hydrogen) atoms. The van der Waals surface area contributed by atoms with Crippen LogP contribution < -0.4 is 4.74 Å². The first-order valence-corrected chi connectivity index (χ1v) is 4.49. The van der Waals surface area contributed by atoms with Crippen LogP contribution in [0.1, 0.15) is 22.6 Å². The van der Waals surface area contributed by atoms with Crippen molar-refractivity contribution in [2.45, 2.75) is 12.8 Å². The second kappa shape index (κ2) is 5.22. The number of hydrogen-bond acceptors (Lipinski definition) is 5. The molecule has 0 spiro atoms. The van der Waals surface area contributed by atoms with E-state index >= 15 is 0 Å². The number of ether oxygens (including phenoxy) is 1. The SMILES string of the molecule is O=C(O)c1nc(C(F)F)c(OC(F)(F)F)cc1[N+](=O)[O-]. The van der Waals surface area contributed by atoms with Crippen molar-refractivity contribution in [1.29, 1.82) is 0 Å². The van der Waals surface area contributed by atoms with Crippen molar-refractivity contribution in [3.05, 3.63) is 27.6 Å². The molecule has 1 aromatic rings. The summed E-state index contributed by atoms with van der Waals surface area (Å²) >= 11 is 0. The first-order chi connectivity index (χ1) is 9.03. The Kier molecular flexibility index (Phi) is 4.06. The number of nitrogens with zero attached hydrogens (tertiary/aromatic N) is 2. The number of alkyl halides is 5. The topological polar surface area (TPSA) is 103 Å². The van der Waals surface area contributed by atoms with E-state index in [0.717, 1.165) is 0 Å². The molecule has 0 unspecified atom stereocenters. The van der Waals surface area contributed by atoms with Crippen LogP contribution in [0.25, 0.3) is 0 Å². The number of halogens is 5. The summed E-state index contributed by atoms with van der Waals surface area (Å²) in [6.07, 6.45) is -9.02. The fraction of sp³-hybridized carbons (Fsp3) is 0.250. The molecule has 0 aliphatic heterocycles. The van der Waals surface area contributed by atoms with Crippen molar-refractivity contribution in [2.24, 2.45) is 0 Å². The van der Waals surface area contributed by atoms with E-state index in [9.17, 15) is 36.9 Å². The first kappa shape index (κ1) is 15.5. The van der Waals surface area contributed by atoms with Crippen molar-refractivity contribution >= 4 is 11.7 Å². The maximum absolute atomic E-state index is 12.5. The van der Waals surface area contributed by atoms with Gasteiger partial charge in [-0.25, -0.2) is 18.6 Å². The molecule has 0 saturated heterocycles. The molecule has 0 aromatic carbocycles. The van der Waals surface area contributed by atoms with Crippen LogP contribution in [0.15, 0.2) is 6.07 Å². The van der Waals surface area contributed by atoms with Gasteiger partial charge in [0.2, 0.25) is 5.69 Å². The van der Waals surface area contributed by atoms with Gasteiger partial charge < -0.3 is 9.84 Å².